The van der Waals surface area contributed by atoms with Gasteiger partial charge >= 0.3 is 5.97 Å². The molecule has 0 amide bonds. The molecule has 0 aromatic heterocycles. The van der Waals surface area contributed by atoms with Gasteiger partial charge in [-0.25, -0.2) is 4.79 Å². The van der Waals surface area contributed by atoms with Gasteiger partial charge in [0.1, 0.15) is 0 Å². The molecule has 0 saturated heterocycles. The Bertz CT molecular complexity index is 465. The lowest BCUT2D eigenvalue weighted by Crippen LogP contribution is -2.09. The Morgan fingerprint density at radius 3 is 2.41 bits per heavy atom. The Hall–Kier alpha value is -1.56. The third kappa shape index (κ3) is 3.74. The van der Waals surface area contributed by atoms with Gasteiger partial charge in [0, 0.05) is 21.8 Å². The summed E-state index contributed by atoms with van der Waals surface area (Å²) in [5, 5.41) is 19.6. The Morgan fingerprint density at radius 1 is 1.41 bits per heavy atom. The third-order valence-corrected chi connectivity index (χ3v) is 3.01. The van der Waals surface area contributed by atoms with E-state index in [0.717, 1.165) is 6.07 Å². The molecule has 92 valence electrons. The Balaban J connectivity index is 3.23. The van der Waals surface area contributed by atoms with Crippen LogP contribution < -0.4 is 0 Å². The van der Waals surface area contributed by atoms with Crippen LogP contribution in [0.2, 0.25) is 0 Å². The summed E-state index contributed by atoms with van der Waals surface area (Å²) in [4.78, 5) is 21.6. The van der Waals surface area contributed by atoms with Crippen molar-refractivity contribution in [3.8, 4) is 0 Å². The fraction of sp³-hybridized carbons (Fsp3) is 0.364. The number of nitro benzene ring substituents is 1. The average Bonchev–Trinajstić information content (AvgIpc) is 2.14. The number of aromatic carboxylic acids is 1. The molecule has 0 aliphatic rings. The second-order valence-corrected chi connectivity index (χ2v) is 6.33. The van der Waals surface area contributed by atoms with Crippen molar-refractivity contribution in [2.75, 3.05) is 0 Å². The Kier molecular flexibility index (Phi) is 3.77. The van der Waals surface area contributed by atoms with Gasteiger partial charge in [-0.3, -0.25) is 10.1 Å². The Morgan fingerprint density at radius 2 is 2.00 bits per heavy atom. The van der Waals surface area contributed by atoms with Crippen molar-refractivity contribution < 1.29 is 14.8 Å². The normalized spacial score (nSPS) is 11.2. The molecule has 5 nitrogen and oxygen atoms in total. The second-order valence-electron chi connectivity index (χ2n) is 4.46. The molecule has 6 heteroatoms. The van der Waals surface area contributed by atoms with Crippen molar-refractivity contribution >= 4 is 23.4 Å². The Labute approximate surface area is 103 Å². The maximum atomic E-state index is 11.0. The topological polar surface area (TPSA) is 80.4 Å². The molecule has 0 spiro atoms. The molecular weight excluding hydrogens is 242 g/mol. The molecule has 0 aliphatic carbocycles. The largest absolute Gasteiger partial charge is 0.478 e. The first-order valence-electron chi connectivity index (χ1n) is 4.91. The summed E-state index contributed by atoms with van der Waals surface area (Å²) in [7, 11) is 0. The number of carboxylic acids is 1. The molecule has 1 aromatic rings. The quantitative estimate of drug-likeness (QED) is 0.509. The molecule has 0 radical (unpaired) electrons. The summed E-state index contributed by atoms with van der Waals surface area (Å²) in [6.45, 7) is 5.85. The predicted molar refractivity (Wildman–Crippen MR) is 65.7 cm³/mol. The fourth-order valence-corrected chi connectivity index (χ4v) is 2.27. The van der Waals surface area contributed by atoms with E-state index in [1.165, 1.54) is 23.9 Å². The minimum atomic E-state index is -1.15. The number of carbonyl (C=O) groups is 1. The lowest BCUT2D eigenvalue weighted by molar-refractivity contribution is -0.384. The first-order valence-corrected chi connectivity index (χ1v) is 5.73. The van der Waals surface area contributed by atoms with Gasteiger partial charge < -0.3 is 5.11 Å². The summed E-state index contributed by atoms with van der Waals surface area (Å²) < 4.78 is -0.152. The van der Waals surface area contributed by atoms with Gasteiger partial charge in [-0.2, -0.15) is 0 Å². The number of rotatable bonds is 3. The molecule has 0 bridgehead atoms. The molecule has 1 aromatic carbocycles. The van der Waals surface area contributed by atoms with E-state index in [-0.39, 0.29) is 16.0 Å². The molecule has 1 N–H and O–H groups in total. The van der Waals surface area contributed by atoms with E-state index in [1.807, 2.05) is 20.8 Å². The van der Waals surface area contributed by atoms with Crippen LogP contribution in [0.4, 0.5) is 5.69 Å². The van der Waals surface area contributed by atoms with E-state index < -0.39 is 10.9 Å². The van der Waals surface area contributed by atoms with E-state index in [1.54, 1.807) is 0 Å². The highest BCUT2D eigenvalue weighted by Crippen LogP contribution is 2.35. The van der Waals surface area contributed by atoms with Gasteiger partial charge in [0.25, 0.3) is 5.69 Å². The molecular formula is C11H13NO4S. The van der Waals surface area contributed by atoms with Crippen molar-refractivity contribution in [1.82, 2.24) is 0 Å². The number of nitrogens with zero attached hydrogens (tertiary/aromatic N) is 1. The summed E-state index contributed by atoms with van der Waals surface area (Å²) in [5.74, 6) is -1.15. The van der Waals surface area contributed by atoms with E-state index in [0.29, 0.717) is 4.90 Å². The van der Waals surface area contributed by atoms with E-state index in [4.69, 9.17) is 5.11 Å². The molecule has 0 saturated carbocycles. The SMILES string of the molecule is CC(C)(C)Sc1ccc([N+](=O)[O-])cc1C(=O)O. The van der Waals surface area contributed by atoms with Gasteiger partial charge in [0.2, 0.25) is 0 Å². The van der Waals surface area contributed by atoms with Crippen LogP contribution in [-0.4, -0.2) is 20.7 Å². The molecule has 0 fully saturated rings. The zero-order valence-corrected chi connectivity index (χ0v) is 10.6. The van der Waals surface area contributed by atoms with Gasteiger partial charge in [0.15, 0.2) is 0 Å². The zero-order chi connectivity index (χ0) is 13.2. The highest BCUT2D eigenvalue weighted by atomic mass is 32.2. The average molecular weight is 255 g/mol. The van der Waals surface area contributed by atoms with Crippen LogP contribution in [-0.2, 0) is 0 Å². The number of hydrogen-bond acceptors (Lipinski definition) is 4. The monoisotopic (exact) mass is 255 g/mol. The van der Waals surface area contributed by atoms with Crippen molar-refractivity contribution in [2.24, 2.45) is 0 Å². The van der Waals surface area contributed by atoms with Gasteiger partial charge in [-0.05, 0) is 6.07 Å². The number of carboxylic acid groups (broad SMARTS) is 1. The summed E-state index contributed by atoms with van der Waals surface area (Å²) in [6.07, 6.45) is 0. The highest BCUT2D eigenvalue weighted by molar-refractivity contribution is 8.00. The molecule has 0 unspecified atom stereocenters. The summed E-state index contributed by atoms with van der Waals surface area (Å²) in [5.41, 5.74) is -0.236. The van der Waals surface area contributed by atoms with E-state index >= 15 is 0 Å². The van der Waals surface area contributed by atoms with Crippen molar-refractivity contribution in [3.05, 3.63) is 33.9 Å². The van der Waals surface area contributed by atoms with Crippen molar-refractivity contribution in [2.45, 2.75) is 30.4 Å². The number of nitro groups is 1. The van der Waals surface area contributed by atoms with Crippen LogP contribution in [0, 0.1) is 10.1 Å². The maximum absolute atomic E-state index is 11.0. The van der Waals surface area contributed by atoms with Crippen molar-refractivity contribution in [1.29, 1.82) is 0 Å². The summed E-state index contributed by atoms with van der Waals surface area (Å²) >= 11 is 1.37. The standard InChI is InChI=1S/C11H13NO4S/c1-11(2,3)17-9-5-4-7(12(15)16)6-8(9)10(13)14/h4-6H,1-3H3,(H,13,14). The van der Waals surface area contributed by atoms with Gasteiger partial charge in [0.05, 0.1) is 10.5 Å². The molecule has 17 heavy (non-hydrogen) atoms. The third-order valence-electron chi connectivity index (χ3n) is 1.82. The van der Waals surface area contributed by atoms with Crippen LogP contribution in [0.3, 0.4) is 0 Å². The first kappa shape index (κ1) is 13.5. The van der Waals surface area contributed by atoms with Gasteiger partial charge in [-0.1, -0.05) is 20.8 Å². The lowest BCUT2D eigenvalue weighted by Gasteiger charge is -2.18. The minimum Gasteiger partial charge on any atom is -0.478 e. The minimum absolute atomic E-state index is 0.0286. The molecule has 0 atom stereocenters. The zero-order valence-electron chi connectivity index (χ0n) is 9.76. The molecule has 0 aliphatic heterocycles. The number of non-ortho nitro benzene ring substituents is 1. The first-order chi connectivity index (χ1) is 7.70. The number of thioether (sulfide) groups is 1. The molecule has 0 heterocycles. The smallest absolute Gasteiger partial charge is 0.337 e. The number of benzene rings is 1. The van der Waals surface area contributed by atoms with E-state index in [9.17, 15) is 14.9 Å². The van der Waals surface area contributed by atoms with Gasteiger partial charge in [-0.15, -0.1) is 11.8 Å². The van der Waals surface area contributed by atoms with Crippen molar-refractivity contribution in [3.63, 3.8) is 0 Å². The van der Waals surface area contributed by atoms with Crippen LogP contribution in [0.15, 0.2) is 23.1 Å². The van der Waals surface area contributed by atoms with Crippen LogP contribution in [0.1, 0.15) is 31.1 Å². The predicted octanol–water partition coefficient (Wildman–Crippen LogP) is 3.18. The summed E-state index contributed by atoms with van der Waals surface area (Å²) in [6, 6.07) is 3.90. The second kappa shape index (κ2) is 4.75. The number of hydrogen-bond donors (Lipinski definition) is 1. The van der Waals surface area contributed by atoms with E-state index in [2.05, 4.69) is 0 Å². The van der Waals surface area contributed by atoms with Crippen LogP contribution in [0.25, 0.3) is 0 Å². The highest BCUT2D eigenvalue weighted by Gasteiger charge is 2.20. The van der Waals surface area contributed by atoms with Crippen LogP contribution in [0.5, 0.6) is 0 Å². The molecule has 1 rings (SSSR count). The van der Waals surface area contributed by atoms with Crippen LogP contribution >= 0.6 is 11.8 Å². The lowest BCUT2D eigenvalue weighted by atomic mass is 10.2. The maximum Gasteiger partial charge on any atom is 0.337 e. The fourth-order valence-electron chi connectivity index (χ4n) is 1.22.